The van der Waals surface area contributed by atoms with E-state index in [2.05, 4.69) is 21.9 Å². The zero-order chi connectivity index (χ0) is 23.1. The van der Waals surface area contributed by atoms with E-state index in [9.17, 15) is 14.0 Å². The molecular formula is C21H23ClFN3O4S. The van der Waals surface area contributed by atoms with Crippen molar-refractivity contribution in [3.05, 3.63) is 57.9 Å². The van der Waals surface area contributed by atoms with Crippen LogP contribution in [0.3, 0.4) is 0 Å². The molecule has 0 fully saturated rings. The first kappa shape index (κ1) is 24.6. The Balaban J connectivity index is 2.50. The number of hydrogen-bond acceptors (Lipinski definition) is 8. The molecule has 1 heterocycles. The van der Waals surface area contributed by atoms with E-state index in [0.29, 0.717) is 22.1 Å². The number of thioether (sulfide) groups is 1. The third-order valence-corrected chi connectivity index (χ3v) is 5.31. The number of hydrogen-bond donors (Lipinski definition) is 1. The molecule has 1 aliphatic heterocycles. The smallest absolute Gasteiger partial charge is 0.347 e. The molecule has 1 aromatic carbocycles. The van der Waals surface area contributed by atoms with E-state index in [1.807, 2.05) is 0 Å². The summed E-state index contributed by atoms with van der Waals surface area (Å²) in [6, 6.07) is 2.91. The molecule has 2 rings (SSSR count). The maximum absolute atomic E-state index is 13.6. The molecule has 0 radical (unpaired) electrons. The van der Waals surface area contributed by atoms with E-state index in [1.54, 1.807) is 26.3 Å². The fraction of sp³-hybridized carbons (Fsp3) is 0.333. The lowest BCUT2D eigenvalue weighted by Gasteiger charge is -2.27. The monoisotopic (exact) mass is 467 g/mol. The summed E-state index contributed by atoms with van der Waals surface area (Å²) in [4.78, 5) is 33.7. The fourth-order valence-electron chi connectivity index (χ4n) is 2.82. The highest BCUT2D eigenvalue weighted by molar-refractivity contribution is 8.18. The van der Waals surface area contributed by atoms with Gasteiger partial charge in [0.15, 0.2) is 11.9 Å². The summed E-state index contributed by atoms with van der Waals surface area (Å²) in [5, 5.41) is 5.26. The second-order valence-corrected chi connectivity index (χ2v) is 7.69. The first-order chi connectivity index (χ1) is 14.7. The van der Waals surface area contributed by atoms with Gasteiger partial charge in [-0.25, -0.2) is 14.0 Å². The molecule has 1 aliphatic rings. The summed E-state index contributed by atoms with van der Waals surface area (Å²) < 4.78 is 23.8. The Morgan fingerprint density at radius 1 is 1.48 bits per heavy atom. The number of nitrogens with zero attached hydrogens (tertiary/aromatic N) is 2. The molecule has 2 atom stereocenters. The molecule has 0 bridgehead atoms. The van der Waals surface area contributed by atoms with E-state index in [1.165, 1.54) is 30.8 Å². The van der Waals surface area contributed by atoms with Gasteiger partial charge in [-0.15, -0.1) is 0 Å². The van der Waals surface area contributed by atoms with Gasteiger partial charge < -0.3 is 14.8 Å². The first-order valence-corrected chi connectivity index (χ1v) is 10.6. The maximum Gasteiger partial charge on any atom is 0.347 e. The second-order valence-electron chi connectivity index (χ2n) is 6.32. The van der Waals surface area contributed by atoms with Crippen LogP contribution in [0.1, 0.15) is 32.4 Å². The van der Waals surface area contributed by atoms with Crippen LogP contribution in [0.5, 0.6) is 0 Å². The van der Waals surface area contributed by atoms with Crippen LogP contribution >= 0.6 is 23.4 Å². The number of aliphatic imine (C=N–C) groups is 2. The molecule has 1 unspecified atom stereocenters. The Hall–Kier alpha value is -2.65. The predicted molar refractivity (Wildman–Crippen MR) is 121 cm³/mol. The van der Waals surface area contributed by atoms with Crippen molar-refractivity contribution in [1.29, 1.82) is 0 Å². The van der Waals surface area contributed by atoms with Crippen molar-refractivity contribution in [2.45, 2.75) is 32.9 Å². The van der Waals surface area contributed by atoms with Crippen molar-refractivity contribution < 1.29 is 23.5 Å². The standard InChI is InChI=1S/C21H23ClFN3O4S/c1-6-29-20(27)12(4)30-21(28)16-11(3)25-18(19(24-5)31-7-2)26-17(16)14-9-8-13(23)10-15(14)22/h7-10,12,17H,2,6H2,1,3-5H3,(H,25,26)/t12?,17-/m0/s1. The van der Waals surface area contributed by atoms with Gasteiger partial charge in [-0.3, -0.25) is 9.98 Å². The number of halogens is 2. The van der Waals surface area contributed by atoms with Crippen LogP contribution in [0.25, 0.3) is 0 Å². The molecule has 0 aromatic heterocycles. The van der Waals surface area contributed by atoms with Crippen molar-refractivity contribution in [3.8, 4) is 0 Å². The number of ether oxygens (including phenoxy) is 2. The molecule has 0 amide bonds. The minimum Gasteiger partial charge on any atom is -0.463 e. The van der Waals surface area contributed by atoms with Crippen LogP contribution in [0, 0.1) is 5.82 Å². The number of carbonyl (C=O) groups is 2. The Morgan fingerprint density at radius 3 is 2.77 bits per heavy atom. The quantitative estimate of drug-likeness (QED) is 0.367. The van der Waals surface area contributed by atoms with Crippen LogP contribution in [0.4, 0.5) is 4.39 Å². The Kier molecular flexibility index (Phi) is 8.82. The summed E-state index contributed by atoms with van der Waals surface area (Å²) in [5.41, 5.74) is 0.964. The first-order valence-electron chi connectivity index (χ1n) is 9.36. The average Bonchev–Trinajstić information content (AvgIpc) is 2.71. The largest absolute Gasteiger partial charge is 0.463 e. The molecular weight excluding hydrogens is 445 g/mol. The van der Waals surface area contributed by atoms with Gasteiger partial charge in [0, 0.05) is 23.3 Å². The minimum atomic E-state index is -1.12. The van der Waals surface area contributed by atoms with Gasteiger partial charge >= 0.3 is 11.9 Å². The molecule has 10 heteroatoms. The highest BCUT2D eigenvalue weighted by Crippen LogP contribution is 2.36. The second kappa shape index (κ2) is 11.1. The SMILES string of the molecule is C=CSC(=NC)C1=N[C@@H](c2ccc(F)cc2Cl)C(C(=O)OC(C)C(=O)OCC)=C(C)N1. The molecule has 166 valence electrons. The number of amidine groups is 1. The van der Waals surface area contributed by atoms with Crippen molar-refractivity contribution >= 4 is 46.2 Å². The molecule has 0 aliphatic carbocycles. The predicted octanol–water partition coefficient (Wildman–Crippen LogP) is 4.20. The average molecular weight is 468 g/mol. The Labute approximate surface area is 189 Å². The number of esters is 2. The number of rotatable bonds is 7. The minimum absolute atomic E-state index is 0.0953. The third kappa shape index (κ3) is 5.95. The zero-order valence-corrected chi connectivity index (χ0v) is 19.1. The van der Waals surface area contributed by atoms with Crippen molar-refractivity contribution in [2.24, 2.45) is 9.98 Å². The molecule has 31 heavy (non-hydrogen) atoms. The lowest BCUT2D eigenvalue weighted by atomic mass is 9.96. The zero-order valence-electron chi connectivity index (χ0n) is 17.6. The van der Waals surface area contributed by atoms with E-state index in [4.69, 9.17) is 21.1 Å². The fourth-order valence-corrected chi connectivity index (χ4v) is 3.57. The van der Waals surface area contributed by atoms with Gasteiger partial charge in [0.2, 0.25) is 0 Å². The van der Waals surface area contributed by atoms with Gasteiger partial charge in [-0.05, 0) is 38.3 Å². The van der Waals surface area contributed by atoms with Gasteiger partial charge in [0.1, 0.15) is 16.9 Å². The highest BCUT2D eigenvalue weighted by atomic mass is 35.5. The number of benzene rings is 1. The molecule has 0 saturated carbocycles. The van der Waals surface area contributed by atoms with E-state index in [0.717, 1.165) is 6.07 Å². The topological polar surface area (TPSA) is 89.4 Å². The molecule has 0 saturated heterocycles. The molecule has 7 nitrogen and oxygen atoms in total. The van der Waals surface area contributed by atoms with Crippen molar-refractivity contribution in [1.82, 2.24) is 5.32 Å². The highest BCUT2D eigenvalue weighted by Gasteiger charge is 2.34. The lowest BCUT2D eigenvalue weighted by molar-refractivity contribution is -0.164. The van der Waals surface area contributed by atoms with E-state index < -0.39 is 29.9 Å². The Morgan fingerprint density at radius 2 is 2.19 bits per heavy atom. The van der Waals surface area contributed by atoms with Gasteiger partial charge in [-0.1, -0.05) is 36.0 Å². The van der Waals surface area contributed by atoms with Gasteiger partial charge in [-0.2, -0.15) is 0 Å². The van der Waals surface area contributed by atoms with Crippen LogP contribution in [-0.4, -0.2) is 42.6 Å². The third-order valence-electron chi connectivity index (χ3n) is 4.22. The van der Waals surface area contributed by atoms with E-state index >= 15 is 0 Å². The maximum atomic E-state index is 13.6. The number of nitrogens with one attached hydrogen (secondary N) is 1. The van der Waals surface area contributed by atoms with Crippen molar-refractivity contribution in [3.63, 3.8) is 0 Å². The summed E-state index contributed by atoms with van der Waals surface area (Å²) in [5.74, 6) is -1.57. The summed E-state index contributed by atoms with van der Waals surface area (Å²) >= 11 is 7.52. The van der Waals surface area contributed by atoms with Crippen molar-refractivity contribution in [2.75, 3.05) is 13.7 Å². The summed E-state index contributed by atoms with van der Waals surface area (Å²) in [7, 11) is 1.60. The van der Waals surface area contributed by atoms with Crippen LogP contribution < -0.4 is 5.32 Å². The Bertz CT molecular complexity index is 977. The van der Waals surface area contributed by atoms with E-state index in [-0.39, 0.29) is 17.2 Å². The van der Waals surface area contributed by atoms with Crippen LogP contribution in [-0.2, 0) is 19.1 Å². The van der Waals surface area contributed by atoms with Crippen LogP contribution in [0.2, 0.25) is 5.02 Å². The van der Waals surface area contributed by atoms with Gasteiger partial charge in [0.05, 0.1) is 12.2 Å². The summed E-state index contributed by atoms with van der Waals surface area (Å²) in [6.45, 7) is 8.57. The molecule has 1 aromatic rings. The number of carbonyl (C=O) groups excluding carboxylic acids is 2. The number of allylic oxidation sites excluding steroid dienone is 1. The lowest BCUT2D eigenvalue weighted by Crippen LogP contribution is -2.37. The summed E-state index contributed by atoms with van der Waals surface area (Å²) in [6.07, 6.45) is -1.12. The van der Waals surface area contributed by atoms with Gasteiger partial charge in [0.25, 0.3) is 0 Å². The molecule has 0 spiro atoms. The normalized spacial score (nSPS) is 17.4. The van der Waals surface area contributed by atoms with Crippen LogP contribution in [0.15, 0.2) is 51.4 Å². The molecule has 1 N–H and O–H groups in total.